The van der Waals surface area contributed by atoms with Crippen LogP contribution in [0.25, 0.3) is 21.1 Å². The number of rotatable bonds is 7. The molecule has 0 unspecified atom stereocenters. The van der Waals surface area contributed by atoms with Crippen molar-refractivity contribution in [3.63, 3.8) is 0 Å². The summed E-state index contributed by atoms with van der Waals surface area (Å²) in [5.41, 5.74) is 2.04. The van der Waals surface area contributed by atoms with Crippen LogP contribution >= 0.6 is 23.1 Å². The molecule has 8 nitrogen and oxygen atoms in total. The number of thioether (sulfide) groups is 1. The average Bonchev–Trinajstić information content (AvgIpc) is 3.21. The van der Waals surface area contributed by atoms with E-state index >= 15 is 0 Å². The quantitative estimate of drug-likeness (QED) is 0.215. The number of anilines is 1. The Morgan fingerprint density at radius 3 is 2.64 bits per heavy atom. The van der Waals surface area contributed by atoms with Gasteiger partial charge in [0.2, 0.25) is 11.7 Å². The van der Waals surface area contributed by atoms with Gasteiger partial charge in [-0.3, -0.25) is 14.9 Å². The lowest BCUT2D eigenvalue weighted by atomic mass is 10.2. The Morgan fingerprint density at radius 1 is 1.15 bits per heavy atom. The molecule has 0 atom stereocenters. The second kappa shape index (κ2) is 9.84. The number of halogens is 1. The Kier molecular flexibility index (Phi) is 6.71. The minimum atomic E-state index is -0.963. The molecule has 2 aromatic heterocycles. The highest BCUT2D eigenvalue weighted by molar-refractivity contribution is 7.99. The first kappa shape index (κ1) is 22.5. The molecule has 11 heteroatoms. The summed E-state index contributed by atoms with van der Waals surface area (Å²) in [4.78, 5) is 27.7. The maximum absolute atomic E-state index is 13.4. The number of benzene rings is 2. The zero-order valence-electron chi connectivity index (χ0n) is 17.2. The van der Waals surface area contributed by atoms with Crippen LogP contribution in [0.1, 0.15) is 5.69 Å². The smallest absolute Gasteiger partial charge is 0.306 e. The summed E-state index contributed by atoms with van der Waals surface area (Å²) in [5.74, 6) is -1.36. The molecule has 0 spiro atoms. The average molecular weight is 482 g/mol. The monoisotopic (exact) mass is 481 g/mol. The van der Waals surface area contributed by atoms with E-state index in [0.29, 0.717) is 10.7 Å². The third kappa shape index (κ3) is 5.38. The van der Waals surface area contributed by atoms with Gasteiger partial charge in [0.05, 0.1) is 21.2 Å². The number of nitrogens with zero attached hydrogens (tertiary/aromatic N) is 4. The Balaban J connectivity index is 1.39. The van der Waals surface area contributed by atoms with Gasteiger partial charge < -0.3 is 5.32 Å². The fourth-order valence-corrected chi connectivity index (χ4v) is 4.57. The molecule has 0 saturated carbocycles. The molecule has 0 fully saturated rings. The van der Waals surface area contributed by atoms with Crippen molar-refractivity contribution < 1.29 is 14.1 Å². The number of amides is 1. The lowest BCUT2D eigenvalue weighted by molar-refractivity contribution is -0.387. The second-order valence-corrected chi connectivity index (χ2v) is 8.81. The molecule has 4 rings (SSSR count). The molecule has 0 aliphatic heterocycles. The van der Waals surface area contributed by atoms with E-state index in [1.54, 1.807) is 6.07 Å². The standard InChI is InChI=1S/C22H16FN5O3S2/c1-13-21(33-22(24-13)14-5-3-2-4-6-14)17-9-10-20(27-26-17)32-12-19(29)25-15-7-8-16(23)18(11-15)28(30)31/h2-11H,12H2,1H3,(H,25,29). The van der Waals surface area contributed by atoms with Crippen LogP contribution < -0.4 is 5.32 Å². The number of nitro benzene ring substituents is 1. The fourth-order valence-electron chi connectivity index (χ4n) is 2.92. The normalized spacial score (nSPS) is 10.7. The fraction of sp³-hybridized carbons (Fsp3) is 0.0909. The van der Waals surface area contributed by atoms with Crippen LogP contribution in [0.5, 0.6) is 0 Å². The van der Waals surface area contributed by atoms with Gasteiger partial charge in [-0.25, -0.2) is 4.98 Å². The molecule has 2 aromatic carbocycles. The number of carbonyl (C=O) groups excluding carboxylic acids is 1. The third-order valence-electron chi connectivity index (χ3n) is 4.47. The number of nitro groups is 1. The molecule has 2 heterocycles. The van der Waals surface area contributed by atoms with Gasteiger partial charge in [-0.2, -0.15) is 4.39 Å². The Bertz CT molecular complexity index is 1310. The van der Waals surface area contributed by atoms with Crippen LogP contribution in [0.15, 0.2) is 65.7 Å². The molecule has 0 aliphatic rings. The van der Waals surface area contributed by atoms with E-state index in [2.05, 4.69) is 20.5 Å². The summed E-state index contributed by atoms with van der Waals surface area (Å²) in [6, 6.07) is 16.7. The van der Waals surface area contributed by atoms with E-state index in [1.165, 1.54) is 29.2 Å². The Labute approximate surface area is 196 Å². The van der Waals surface area contributed by atoms with Gasteiger partial charge in [-0.05, 0) is 31.2 Å². The number of carbonyl (C=O) groups is 1. The topological polar surface area (TPSA) is 111 Å². The van der Waals surface area contributed by atoms with Crippen LogP contribution in [0, 0.1) is 22.9 Å². The highest BCUT2D eigenvalue weighted by Crippen LogP contribution is 2.34. The van der Waals surface area contributed by atoms with Crippen LogP contribution in [0.4, 0.5) is 15.8 Å². The third-order valence-corrected chi connectivity index (χ3v) is 6.62. The molecule has 33 heavy (non-hydrogen) atoms. The minimum Gasteiger partial charge on any atom is -0.325 e. The summed E-state index contributed by atoms with van der Waals surface area (Å²) >= 11 is 2.70. The van der Waals surface area contributed by atoms with Crippen LogP contribution in [-0.2, 0) is 4.79 Å². The predicted molar refractivity (Wildman–Crippen MR) is 126 cm³/mol. The van der Waals surface area contributed by atoms with Gasteiger partial charge in [-0.15, -0.1) is 21.5 Å². The van der Waals surface area contributed by atoms with Gasteiger partial charge in [0, 0.05) is 17.3 Å². The summed E-state index contributed by atoms with van der Waals surface area (Å²) in [6.45, 7) is 1.92. The van der Waals surface area contributed by atoms with E-state index in [9.17, 15) is 19.3 Å². The van der Waals surface area contributed by atoms with Crippen molar-refractivity contribution in [2.24, 2.45) is 0 Å². The van der Waals surface area contributed by atoms with Crippen molar-refractivity contribution in [1.29, 1.82) is 0 Å². The lowest BCUT2D eigenvalue weighted by Gasteiger charge is -2.05. The molecule has 0 radical (unpaired) electrons. The van der Waals surface area contributed by atoms with Crippen molar-refractivity contribution in [2.75, 3.05) is 11.1 Å². The summed E-state index contributed by atoms with van der Waals surface area (Å²) in [7, 11) is 0. The molecule has 0 bridgehead atoms. The number of nitrogens with one attached hydrogen (secondary N) is 1. The van der Waals surface area contributed by atoms with Gasteiger partial charge in [-0.1, -0.05) is 42.1 Å². The zero-order chi connectivity index (χ0) is 23.4. The van der Waals surface area contributed by atoms with E-state index in [0.717, 1.165) is 33.3 Å². The molecule has 166 valence electrons. The highest BCUT2D eigenvalue weighted by Gasteiger charge is 2.16. The largest absolute Gasteiger partial charge is 0.325 e. The first-order valence-corrected chi connectivity index (χ1v) is 11.4. The molecule has 0 saturated heterocycles. The van der Waals surface area contributed by atoms with Crippen molar-refractivity contribution in [1.82, 2.24) is 15.2 Å². The van der Waals surface area contributed by atoms with Crippen molar-refractivity contribution in [2.45, 2.75) is 11.9 Å². The van der Waals surface area contributed by atoms with E-state index in [-0.39, 0.29) is 11.4 Å². The summed E-state index contributed by atoms with van der Waals surface area (Å²) < 4.78 is 13.4. The Morgan fingerprint density at radius 2 is 1.94 bits per heavy atom. The first-order chi connectivity index (χ1) is 15.9. The molecule has 1 N–H and O–H groups in total. The predicted octanol–water partition coefficient (Wildman–Crippen LogP) is 5.35. The van der Waals surface area contributed by atoms with Crippen LogP contribution in [-0.4, -0.2) is 31.8 Å². The van der Waals surface area contributed by atoms with E-state index < -0.39 is 22.3 Å². The van der Waals surface area contributed by atoms with Crippen molar-refractivity contribution >= 4 is 40.4 Å². The SMILES string of the molecule is Cc1nc(-c2ccccc2)sc1-c1ccc(SCC(=O)Nc2ccc(F)c([N+](=O)[O-])c2)nn1. The zero-order valence-corrected chi connectivity index (χ0v) is 18.8. The molecular formula is C22H16FN5O3S2. The van der Waals surface area contributed by atoms with E-state index in [4.69, 9.17) is 0 Å². The van der Waals surface area contributed by atoms with Crippen LogP contribution in [0.3, 0.4) is 0 Å². The minimum absolute atomic E-state index is 0.0109. The Hall–Kier alpha value is -3.70. The van der Waals surface area contributed by atoms with Gasteiger partial charge >= 0.3 is 5.69 Å². The van der Waals surface area contributed by atoms with Crippen molar-refractivity contribution in [3.8, 4) is 21.1 Å². The molecule has 4 aromatic rings. The maximum atomic E-state index is 13.4. The van der Waals surface area contributed by atoms with Gasteiger partial charge in [0.1, 0.15) is 15.7 Å². The molecule has 1 amide bonds. The number of aryl methyl sites for hydroxylation is 1. The second-order valence-electron chi connectivity index (χ2n) is 6.82. The molecule has 0 aliphatic carbocycles. The van der Waals surface area contributed by atoms with E-state index in [1.807, 2.05) is 43.3 Å². The van der Waals surface area contributed by atoms with Gasteiger partial charge in [0.15, 0.2) is 0 Å². The number of aromatic nitrogens is 3. The maximum Gasteiger partial charge on any atom is 0.306 e. The van der Waals surface area contributed by atoms with Crippen molar-refractivity contribution in [3.05, 3.63) is 82.3 Å². The first-order valence-electron chi connectivity index (χ1n) is 9.64. The number of thiazole rings is 1. The summed E-state index contributed by atoms with van der Waals surface area (Å²) in [5, 5.41) is 23.2. The highest BCUT2D eigenvalue weighted by atomic mass is 32.2. The number of hydrogen-bond donors (Lipinski definition) is 1. The lowest BCUT2D eigenvalue weighted by Crippen LogP contribution is -2.14. The summed E-state index contributed by atoms with van der Waals surface area (Å²) in [6.07, 6.45) is 0. The molecular weight excluding hydrogens is 465 g/mol. The van der Waals surface area contributed by atoms with Crippen LogP contribution in [0.2, 0.25) is 0 Å². The van der Waals surface area contributed by atoms with Gasteiger partial charge in [0.25, 0.3) is 0 Å². The number of hydrogen-bond acceptors (Lipinski definition) is 8.